The van der Waals surface area contributed by atoms with Crippen LogP contribution in [0.2, 0.25) is 0 Å². The number of carbonyl (C=O) groups excluding carboxylic acids is 2. The number of amides is 2. The number of aromatic nitrogens is 1. The first-order valence-electron chi connectivity index (χ1n) is 11.1. The molecule has 3 aromatic carbocycles. The predicted octanol–water partition coefficient (Wildman–Crippen LogP) is 3.96. The summed E-state index contributed by atoms with van der Waals surface area (Å²) in [5.41, 5.74) is 5.73. The van der Waals surface area contributed by atoms with Gasteiger partial charge in [0.15, 0.2) is 0 Å². The van der Waals surface area contributed by atoms with E-state index in [4.69, 9.17) is 4.74 Å². The average Bonchev–Trinajstić information content (AvgIpc) is 3.38. The van der Waals surface area contributed by atoms with Crippen LogP contribution in [0.15, 0.2) is 72.8 Å². The van der Waals surface area contributed by atoms with Crippen LogP contribution in [-0.2, 0) is 17.8 Å². The summed E-state index contributed by atoms with van der Waals surface area (Å²) in [6, 6.07) is 22.5. The fourth-order valence-corrected chi connectivity index (χ4v) is 5.19. The van der Waals surface area contributed by atoms with Crippen molar-refractivity contribution in [3.63, 3.8) is 0 Å². The van der Waals surface area contributed by atoms with Gasteiger partial charge < -0.3 is 19.9 Å². The summed E-state index contributed by atoms with van der Waals surface area (Å²) in [7, 11) is 1.63. The highest BCUT2D eigenvalue weighted by atomic mass is 16.5. The number of para-hydroxylation sites is 1. The monoisotopic (exact) mass is 437 g/mol. The smallest absolute Gasteiger partial charge is 0.255 e. The minimum Gasteiger partial charge on any atom is -0.497 e. The fraction of sp³-hybridized carbons (Fsp3) is 0.185. The Labute approximate surface area is 191 Å². The van der Waals surface area contributed by atoms with E-state index in [-0.39, 0.29) is 17.9 Å². The molecule has 6 nitrogen and oxygen atoms in total. The third-order valence-electron chi connectivity index (χ3n) is 6.78. The van der Waals surface area contributed by atoms with E-state index in [2.05, 4.69) is 16.4 Å². The topological polar surface area (TPSA) is 74.4 Å². The molecule has 164 valence electrons. The normalized spacial score (nSPS) is 18.6. The summed E-state index contributed by atoms with van der Waals surface area (Å²) in [5, 5.41) is 4.16. The molecule has 2 aliphatic heterocycles. The molecule has 0 spiro atoms. The largest absolute Gasteiger partial charge is 0.497 e. The second kappa shape index (κ2) is 7.52. The van der Waals surface area contributed by atoms with Crippen molar-refractivity contribution < 1.29 is 14.3 Å². The lowest BCUT2D eigenvalue weighted by Crippen LogP contribution is -2.52. The van der Waals surface area contributed by atoms with Crippen molar-refractivity contribution in [2.24, 2.45) is 0 Å². The van der Waals surface area contributed by atoms with Crippen molar-refractivity contribution in [1.82, 2.24) is 15.2 Å². The number of H-pyrrole nitrogens is 1. The van der Waals surface area contributed by atoms with Gasteiger partial charge in [-0.25, -0.2) is 0 Å². The summed E-state index contributed by atoms with van der Waals surface area (Å²) >= 11 is 0. The van der Waals surface area contributed by atoms with Gasteiger partial charge in [0.25, 0.3) is 5.91 Å². The van der Waals surface area contributed by atoms with Gasteiger partial charge in [-0.05, 0) is 41.0 Å². The predicted molar refractivity (Wildman–Crippen MR) is 125 cm³/mol. The first kappa shape index (κ1) is 19.6. The van der Waals surface area contributed by atoms with E-state index in [0.717, 1.165) is 39.0 Å². The van der Waals surface area contributed by atoms with Crippen LogP contribution in [0.5, 0.6) is 5.75 Å². The third-order valence-corrected chi connectivity index (χ3v) is 6.78. The Morgan fingerprint density at radius 2 is 1.82 bits per heavy atom. The minimum atomic E-state index is -0.583. The molecule has 0 saturated heterocycles. The van der Waals surface area contributed by atoms with Gasteiger partial charge in [-0.3, -0.25) is 9.59 Å². The van der Waals surface area contributed by atoms with E-state index in [1.165, 1.54) is 0 Å². The molecule has 2 atom stereocenters. The van der Waals surface area contributed by atoms with Gasteiger partial charge in [-0.15, -0.1) is 0 Å². The zero-order chi connectivity index (χ0) is 22.5. The van der Waals surface area contributed by atoms with Crippen LogP contribution in [0.25, 0.3) is 10.9 Å². The van der Waals surface area contributed by atoms with Crippen LogP contribution in [-0.4, -0.2) is 34.8 Å². The van der Waals surface area contributed by atoms with Crippen LogP contribution < -0.4 is 10.1 Å². The number of nitrogens with zero attached hydrogens (tertiary/aromatic N) is 1. The van der Waals surface area contributed by atoms with Crippen molar-refractivity contribution >= 4 is 22.7 Å². The van der Waals surface area contributed by atoms with Crippen molar-refractivity contribution in [2.75, 3.05) is 7.11 Å². The van der Waals surface area contributed by atoms with E-state index in [1.54, 1.807) is 12.0 Å². The molecule has 4 aromatic rings. The molecule has 0 bridgehead atoms. The van der Waals surface area contributed by atoms with Gasteiger partial charge >= 0.3 is 0 Å². The summed E-state index contributed by atoms with van der Waals surface area (Å²) in [6.07, 6.45) is 0.476. The highest BCUT2D eigenvalue weighted by molar-refractivity contribution is 6.03. The standard InChI is InChI=1S/C27H23N3O3/c1-33-17-12-10-16(11-13-17)15-28-26(31)23-14-21-18-6-4-5-9-22(18)29-24(21)25-19-7-2-3-8-20(19)27(32)30(23)25/h2-13,23,25,29H,14-15H2,1H3,(H,28,31). The highest BCUT2D eigenvalue weighted by Gasteiger charge is 2.48. The molecule has 2 N–H and O–H groups in total. The number of hydrogen-bond acceptors (Lipinski definition) is 3. The molecule has 2 amide bonds. The third kappa shape index (κ3) is 3.02. The molecule has 6 heteroatoms. The number of rotatable bonds is 4. The number of fused-ring (bicyclic) bond motifs is 7. The maximum Gasteiger partial charge on any atom is 0.255 e. The highest BCUT2D eigenvalue weighted by Crippen LogP contribution is 2.46. The van der Waals surface area contributed by atoms with Gasteiger partial charge in [-0.1, -0.05) is 48.5 Å². The van der Waals surface area contributed by atoms with Crippen LogP contribution in [0.1, 0.15) is 38.8 Å². The zero-order valence-electron chi connectivity index (χ0n) is 18.2. The Bertz CT molecular complexity index is 1390. The van der Waals surface area contributed by atoms with Gasteiger partial charge in [0.1, 0.15) is 11.8 Å². The van der Waals surface area contributed by atoms with Gasteiger partial charge in [0.2, 0.25) is 5.91 Å². The number of hydrogen-bond donors (Lipinski definition) is 2. The first-order valence-corrected chi connectivity index (χ1v) is 11.1. The number of methoxy groups -OCH3 is 1. The summed E-state index contributed by atoms with van der Waals surface area (Å²) < 4.78 is 5.21. The first-order chi connectivity index (χ1) is 16.2. The molecule has 2 aliphatic rings. The van der Waals surface area contributed by atoms with Gasteiger partial charge in [0, 0.05) is 35.1 Å². The molecule has 6 rings (SSSR count). The van der Waals surface area contributed by atoms with E-state index in [9.17, 15) is 9.59 Å². The van der Waals surface area contributed by atoms with E-state index in [0.29, 0.717) is 18.5 Å². The molecular formula is C27H23N3O3. The lowest BCUT2D eigenvalue weighted by Gasteiger charge is -2.37. The minimum absolute atomic E-state index is 0.0931. The second-order valence-corrected chi connectivity index (χ2v) is 8.55. The van der Waals surface area contributed by atoms with Crippen molar-refractivity contribution in [1.29, 1.82) is 0 Å². The average molecular weight is 437 g/mol. The van der Waals surface area contributed by atoms with E-state index >= 15 is 0 Å². The fourth-order valence-electron chi connectivity index (χ4n) is 5.19. The van der Waals surface area contributed by atoms with Gasteiger partial charge in [0.05, 0.1) is 13.2 Å². The van der Waals surface area contributed by atoms with Crippen LogP contribution in [0.4, 0.5) is 0 Å². The summed E-state index contributed by atoms with van der Waals surface area (Å²) in [4.78, 5) is 32.2. The van der Waals surface area contributed by atoms with E-state index < -0.39 is 6.04 Å². The second-order valence-electron chi connectivity index (χ2n) is 8.55. The SMILES string of the molecule is COc1ccc(CNC(=O)C2Cc3c([nH]c4ccccc34)C3c4ccccc4C(=O)N23)cc1. The van der Waals surface area contributed by atoms with Crippen molar-refractivity contribution in [3.05, 3.63) is 101 Å². The number of carbonyl (C=O) groups is 2. The lowest BCUT2D eigenvalue weighted by atomic mass is 9.90. The van der Waals surface area contributed by atoms with Crippen molar-refractivity contribution in [3.8, 4) is 5.75 Å². The Morgan fingerprint density at radius 1 is 1.06 bits per heavy atom. The molecule has 2 unspecified atom stereocenters. The van der Waals surface area contributed by atoms with Crippen molar-refractivity contribution in [2.45, 2.75) is 25.0 Å². The Kier molecular flexibility index (Phi) is 4.47. The summed E-state index contributed by atoms with van der Waals surface area (Å²) in [6.45, 7) is 0.389. The maximum absolute atomic E-state index is 13.5. The molecular weight excluding hydrogens is 414 g/mol. The van der Waals surface area contributed by atoms with Gasteiger partial charge in [-0.2, -0.15) is 0 Å². The molecule has 1 aromatic heterocycles. The Morgan fingerprint density at radius 3 is 2.64 bits per heavy atom. The summed E-state index contributed by atoms with van der Waals surface area (Å²) in [5.74, 6) is 0.532. The molecule has 0 radical (unpaired) electrons. The molecule has 0 saturated carbocycles. The number of aromatic amines is 1. The van der Waals surface area contributed by atoms with E-state index in [1.807, 2.05) is 66.7 Å². The van der Waals surface area contributed by atoms with Crippen LogP contribution in [0, 0.1) is 0 Å². The lowest BCUT2D eigenvalue weighted by molar-refractivity contribution is -0.126. The molecule has 0 fully saturated rings. The Hall–Kier alpha value is -4.06. The number of ether oxygens (including phenoxy) is 1. The quantitative estimate of drug-likeness (QED) is 0.508. The Balaban J connectivity index is 1.37. The van der Waals surface area contributed by atoms with Crippen LogP contribution >= 0.6 is 0 Å². The number of nitrogens with one attached hydrogen (secondary N) is 2. The molecule has 33 heavy (non-hydrogen) atoms. The zero-order valence-corrected chi connectivity index (χ0v) is 18.2. The number of benzene rings is 3. The van der Waals surface area contributed by atoms with Crippen LogP contribution in [0.3, 0.4) is 0 Å². The molecule has 3 heterocycles. The molecule has 0 aliphatic carbocycles. The maximum atomic E-state index is 13.5.